The number of aromatic nitrogens is 4. The van der Waals surface area contributed by atoms with Gasteiger partial charge in [0, 0.05) is 19.2 Å². The third-order valence-corrected chi connectivity index (χ3v) is 5.37. The van der Waals surface area contributed by atoms with Crippen molar-refractivity contribution in [3.63, 3.8) is 0 Å². The molecule has 1 aliphatic rings. The van der Waals surface area contributed by atoms with Gasteiger partial charge in [0.25, 0.3) is 0 Å². The molecule has 3 heterocycles. The van der Waals surface area contributed by atoms with E-state index in [0.717, 1.165) is 11.3 Å². The predicted molar refractivity (Wildman–Crippen MR) is 99.8 cm³/mol. The Hall–Kier alpha value is -2.39. The number of benzene rings is 1. The first-order valence-corrected chi connectivity index (χ1v) is 9.72. The summed E-state index contributed by atoms with van der Waals surface area (Å²) < 4.78 is 37.7. The molecule has 2 unspecified atom stereocenters. The molecule has 0 radical (unpaired) electrons. The summed E-state index contributed by atoms with van der Waals surface area (Å²) in [6.45, 7) is 1.24. The Labute approximate surface area is 161 Å². The number of anilines is 1. The lowest BCUT2D eigenvalue weighted by Crippen LogP contribution is -2.20. The Morgan fingerprint density at radius 1 is 1.36 bits per heavy atom. The van der Waals surface area contributed by atoms with Crippen LogP contribution in [0.4, 0.5) is 10.2 Å². The number of nitrogen functional groups attached to an aromatic ring is 1. The quantitative estimate of drug-likeness (QED) is 0.471. The van der Waals surface area contributed by atoms with E-state index in [1.165, 1.54) is 0 Å². The molecule has 11 heteroatoms. The number of para-hydroxylation sites is 1. The maximum atomic E-state index is 13.4. The first-order chi connectivity index (χ1) is 13.6. The fourth-order valence-corrected chi connectivity index (χ4v) is 3.85. The fourth-order valence-electron chi connectivity index (χ4n) is 2.80. The van der Waals surface area contributed by atoms with Crippen LogP contribution in [0.5, 0.6) is 5.75 Å². The molecule has 2 atom stereocenters. The van der Waals surface area contributed by atoms with Gasteiger partial charge in [0.05, 0.1) is 25.6 Å². The van der Waals surface area contributed by atoms with Crippen LogP contribution in [0.1, 0.15) is 12.0 Å². The highest BCUT2D eigenvalue weighted by molar-refractivity contribution is 7.42. The number of fused-ring (bicyclic) bond motifs is 2. The van der Waals surface area contributed by atoms with E-state index in [2.05, 4.69) is 15.0 Å². The van der Waals surface area contributed by atoms with Gasteiger partial charge in [-0.1, -0.05) is 18.2 Å². The van der Waals surface area contributed by atoms with Crippen molar-refractivity contribution in [2.45, 2.75) is 25.7 Å². The van der Waals surface area contributed by atoms with Crippen LogP contribution in [0.15, 0.2) is 30.6 Å². The number of nitrogens with two attached hydrogens (primary N) is 1. The van der Waals surface area contributed by atoms with Crippen LogP contribution in [0.3, 0.4) is 0 Å². The Morgan fingerprint density at radius 3 is 3.07 bits per heavy atom. The molecule has 0 saturated carbocycles. The van der Waals surface area contributed by atoms with Gasteiger partial charge < -0.3 is 19.6 Å². The van der Waals surface area contributed by atoms with Crippen LogP contribution in [-0.2, 0) is 26.9 Å². The summed E-state index contributed by atoms with van der Waals surface area (Å²) >= 11 is 0. The first kappa shape index (κ1) is 18.9. The second-order valence-electron chi connectivity index (χ2n) is 6.13. The largest absolute Gasteiger partial charge is 0.426 e. The molecular weight excluding hydrogens is 388 g/mol. The zero-order valence-corrected chi connectivity index (χ0v) is 16.0. The zero-order chi connectivity index (χ0) is 19.5. The number of ether oxygens (including phenoxy) is 1. The molecule has 4 rings (SSSR count). The Morgan fingerprint density at radius 2 is 2.21 bits per heavy atom. The number of rotatable bonds is 7. The van der Waals surface area contributed by atoms with Crippen molar-refractivity contribution in [1.82, 2.24) is 19.5 Å². The van der Waals surface area contributed by atoms with Crippen LogP contribution < -0.4 is 10.3 Å². The highest BCUT2D eigenvalue weighted by Crippen LogP contribution is 2.47. The molecular formula is C17H19FN5O4P. The van der Waals surface area contributed by atoms with E-state index < -0.39 is 14.7 Å². The summed E-state index contributed by atoms with van der Waals surface area (Å²) in [6, 6.07) is 7.69. The van der Waals surface area contributed by atoms with E-state index in [0.29, 0.717) is 37.3 Å². The molecule has 148 valence electrons. The SMILES string of the molecule is COC(CCn1cnc2c(N)nc(F)nc21)COP1OCc2ccccc2O1. The van der Waals surface area contributed by atoms with Crippen LogP contribution in [-0.4, -0.2) is 39.3 Å². The van der Waals surface area contributed by atoms with E-state index >= 15 is 0 Å². The van der Waals surface area contributed by atoms with Gasteiger partial charge in [-0.25, -0.2) is 4.98 Å². The third kappa shape index (κ3) is 4.05. The van der Waals surface area contributed by atoms with Crippen molar-refractivity contribution in [3.05, 3.63) is 42.2 Å². The summed E-state index contributed by atoms with van der Waals surface area (Å²) in [5, 5.41) is 0. The van der Waals surface area contributed by atoms with E-state index in [1.807, 2.05) is 24.3 Å². The van der Waals surface area contributed by atoms with Crippen LogP contribution in [0.25, 0.3) is 11.2 Å². The number of imidazole rings is 1. The Kier molecular flexibility index (Phi) is 5.63. The molecule has 0 spiro atoms. The van der Waals surface area contributed by atoms with Crippen LogP contribution in [0, 0.1) is 6.08 Å². The van der Waals surface area contributed by atoms with Crippen molar-refractivity contribution >= 4 is 25.6 Å². The van der Waals surface area contributed by atoms with Crippen molar-refractivity contribution in [1.29, 1.82) is 0 Å². The molecule has 3 aromatic rings. The average molecular weight is 407 g/mol. The molecule has 2 N–H and O–H groups in total. The number of hydrogen-bond donors (Lipinski definition) is 1. The Bertz CT molecular complexity index is 972. The maximum absolute atomic E-state index is 13.4. The molecule has 0 aliphatic carbocycles. The van der Waals surface area contributed by atoms with Crippen molar-refractivity contribution in [2.24, 2.45) is 0 Å². The van der Waals surface area contributed by atoms with Crippen molar-refractivity contribution in [2.75, 3.05) is 19.5 Å². The summed E-state index contributed by atoms with van der Waals surface area (Å²) in [7, 11) is 0.127. The molecule has 28 heavy (non-hydrogen) atoms. The average Bonchev–Trinajstić information content (AvgIpc) is 3.11. The van der Waals surface area contributed by atoms with Crippen molar-refractivity contribution < 1.29 is 22.7 Å². The van der Waals surface area contributed by atoms with Gasteiger partial charge in [-0.2, -0.15) is 14.4 Å². The normalized spacial score (nSPS) is 17.3. The van der Waals surface area contributed by atoms with Gasteiger partial charge in [-0.05, 0) is 12.5 Å². The number of nitrogens with zero attached hydrogens (tertiary/aromatic N) is 4. The summed E-state index contributed by atoms with van der Waals surface area (Å²) in [5.74, 6) is 0.792. The number of methoxy groups -OCH3 is 1. The summed E-state index contributed by atoms with van der Waals surface area (Å²) in [4.78, 5) is 11.4. The highest BCUT2D eigenvalue weighted by Gasteiger charge is 2.24. The summed E-state index contributed by atoms with van der Waals surface area (Å²) in [5.41, 5.74) is 7.39. The van der Waals surface area contributed by atoms with E-state index in [-0.39, 0.29) is 11.9 Å². The minimum Gasteiger partial charge on any atom is -0.426 e. The minimum absolute atomic E-state index is 0.0163. The Balaban J connectivity index is 1.33. The van der Waals surface area contributed by atoms with E-state index in [9.17, 15) is 4.39 Å². The summed E-state index contributed by atoms with van der Waals surface area (Å²) in [6.07, 6.45) is 1.05. The number of halogens is 1. The predicted octanol–water partition coefficient (Wildman–Crippen LogP) is 2.81. The molecule has 1 aromatic carbocycles. The molecule has 0 fully saturated rings. The molecule has 2 aromatic heterocycles. The second-order valence-corrected chi connectivity index (χ2v) is 7.27. The maximum Gasteiger partial charge on any atom is 0.397 e. The lowest BCUT2D eigenvalue weighted by atomic mass is 10.2. The molecule has 0 saturated heterocycles. The standard InChI is InChI=1S/C17H19FN5O4P/c1-24-12(9-26-28-25-8-11-4-2-3-5-13(11)27-28)6-7-23-10-20-14-15(19)21-17(18)22-16(14)23/h2-5,10,12H,6-9H2,1H3,(H2,19,21,22). The minimum atomic E-state index is -1.48. The van der Waals surface area contributed by atoms with Gasteiger partial charge in [0.1, 0.15) is 11.3 Å². The second kappa shape index (κ2) is 8.32. The molecule has 0 amide bonds. The van der Waals surface area contributed by atoms with E-state index in [4.69, 9.17) is 24.0 Å². The lowest BCUT2D eigenvalue weighted by Gasteiger charge is -2.25. The zero-order valence-electron chi connectivity index (χ0n) is 15.1. The monoisotopic (exact) mass is 407 g/mol. The van der Waals surface area contributed by atoms with Gasteiger partial charge in [0.2, 0.25) is 0 Å². The van der Waals surface area contributed by atoms with E-state index in [1.54, 1.807) is 18.0 Å². The van der Waals surface area contributed by atoms with Gasteiger partial charge in [-0.15, -0.1) is 0 Å². The first-order valence-electron chi connectivity index (χ1n) is 8.62. The number of aryl methyl sites for hydroxylation is 1. The smallest absolute Gasteiger partial charge is 0.397 e. The van der Waals surface area contributed by atoms with Crippen LogP contribution >= 0.6 is 8.60 Å². The number of hydrogen-bond acceptors (Lipinski definition) is 8. The van der Waals surface area contributed by atoms with Crippen molar-refractivity contribution in [3.8, 4) is 5.75 Å². The van der Waals surface area contributed by atoms with Gasteiger partial charge in [-0.3, -0.25) is 9.05 Å². The molecule has 1 aliphatic heterocycles. The topological polar surface area (TPSA) is 107 Å². The van der Waals surface area contributed by atoms with Crippen LogP contribution in [0.2, 0.25) is 0 Å². The fraction of sp³-hybridized carbons (Fsp3) is 0.353. The third-order valence-electron chi connectivity index (χ3n) is 4.33. The lowest BCUT2D eigenvalue weighted by molar-refractivity contribution is 0.0403. The van der Waals surface area contributed by atoms with Gasteiger partial charge >= 0.3 is 14.7 Å². The highest BCUT2D eigenvalue weighted by atomic mass is 31.2. The van der Waals surface area contributed by atoms with Gasteiger partial charge in [0.15, 0.2) is 11.5 Å². The molecule has 9 nitrogen and oxygen atoms in total. The molecule has 0 bridgehead atoms.